The van der Waals surface area contributed by atoms with Crippen LogP contribution in [-0.4, -0.2) is 20.9 Å². The number of halogens is 1. The average Bonchev–Trinajstić information content (AvgIpc) is 3.54. The minimum atomic E-state index is -0.490. The van der Waals surface area contributed by atoms with E-state index in [1.54, 1.807) is 62.5 Å². The largest absolute Gasteiger partial charge is 0.459 e. The summed E-state index contributed by atoms with van der Waals surface area (Å²) in [4.78, 5) is 29.8. The number of furan rings is 1. The summed E-state index contributed by atoms with van der Waals surface area (Å²) in [6, 6.07) is 19.9. The first-order chi connectivity index (χ1) is 18.7. The maximum absolute atomic E-state index is 12.2. The Balaban J connectivity index is 1.57. The first-order valence-corrected chi connectivity index (χ1v) is 13.0. The first-order valence-electron chi connectivity index (χ1n) is 12.2. The number of rotatable bonds is 7. The maximum Gasteiger partial charge on any atom is 0.280 e. The molecular weight excluding hydrogens is 538 g/mol. The molecule has 2 unspecified atom stereocenters. The summed E-state index contributed by atoms with van der Waals surface area (Å²) in [7, 11) is 0. The number of carbonyl (C=O) groups excluding carboxylic acids is 1. The molecule has 0 spiro atoms. The monoisotopic (exact) mass is 561 g/mol. The van der Waals surface area contributed by atoms with E-state index >= 15 is 0 Å². The van der Waals surface area contributed by atoms with Crippen LogP contribution < -0.4 is 15.5 Å². The summed E-state index contributed by atoms with van der Waals surface area (Å²) < 4.78 is 6.27. The van der Waals surface area contributed by atoms with Gasteiger partial charge in [-0.05, 0) is 60.7 Å². The molecule has 2 aromatic heterocycles. The van der Waals surface area contributed by atoms with Crippen molar-refractivity contribution in [1.29, 1.82) is 0 Å². The van der Waals surface area contributed by atoms with Crippen LogP contribution in [0.5, 0.6) is 0 Å². The van der Waals surface area contributed by atoms with Crippen LogP contribution in [0.15, 0.2) is 83.4 Å². The zero-order valence-corrected chi connectivity index (χ0v) is 22.6. The second kappa shape index (κ2) is 10.8. The predicted octanol–water partition coefficient (Wildman–Crippen LogP) is 6.67. The number of para-hydroxylation sites is 1. The number of carbonyl (C=O) groups is 1. The van der Waals surface area contributed by atoms with Gasteiger partial charge in [0.1, 0.15) is 17.6 Å². The van der Waals surface area contributed by atoms with E-state index in [0.717, 1.165) is 5.69 Å². The van der Waals surface area contributed by atoms with Gasteiger partial charge in [0.2, 0.25) is 5.91 Å². The van der Waals surface area contributed by atoms with Crippen molar-refractivity contribution in [1.82, 2.24) is 10.3 Å². The summed E-state index contributed by atoms with van der Waals surface area (Å²) in [6.45, 7) is 3.60. The molecule has 0 saturated carbocycles. The number of nitrogens with one attached hydrogen (secondary N) is 2. The molecule has 5 rings (SSSR count). The number of nitro groups is 1. The Kier molecular flexibility index (Phi) is 7.32. The Bertz CT molecular complexity index is 1560. The second-order valence-corrected chi connectivity index (χ2v) is 10.1. The van der Waals surface area contributed by atoms with E-state index in [-0.39, 0.29) is 23.6 Å². The number of benzene rings is 2. The maximum atomic E-state index is 12.2. The van der Waals surface area contributed by atoms with Crippen molar-refractivity contribution < 1.29 is 14.1 Å². The molecule has 11 heteroatoms. The molecule has 1 fully saturated rings. The fraction of sp³-hybridized carbons (Fsp3) is 0.179. The Morgan fingerprint density at radius 2 is 1.92 bits per heavy atom. The number of aromatic nitrogens is 1. The standard InChI is InChI=1S/C28H24ClN5O4S/c1-16(2)27(35)31-20-11-10-17(15-19(20)29)33-26(25(32-28(33)39)21-8-5-6-14-30-21)24-13-12-23(38-24)18-7-3-4-9-22(18)34(36)37/h3-16,25-26H,1-2H3,(H,31,35)(H,32,39). The first kappa shape index (κ1) is 26.3. The van der Waals surface area contributed by atoms with Gasteiger partial charge in [-0.15, -0.1) is 0 Å². The van der Waals surface area contributed by atoms with E-state index < -0.39 is 11.0 Å². The Hall–Kier alpha value is -4.28. The average molecular weight is 562 g/mol. The van der Waals surface area contributed by atoms with Gasteiger partial charge in [0, 0.05) is 23.9 Å². The molecule has 2 atom stereocenters. The van der Waals surface area contributed by atoms with Crippen LogP contribution in [0.4, 0.5) is 17.1 Å². The number of pyridine rings is 1. The molecule has 1 amide bonds. The molecule has 0 bridgehead atoms. The molecule has 0 aliphatic carbocycles. The number of nitro benzene ring substituents is 1. The van der Waals surface area contributed by atoms with Gasteiger partial charge in [0.15, 0.2) is 5.11 Å². The van der Waals surface area contributed by atoms with Gasteiger partial charge in [-0.25, -0.2) is 0 Å². The highest BCUT2D eigenvalue weighted by Crippen LogP contribution is 2.44. The lowest BCUT2D eigenvalue weighted by atomic mass is 10.0. The number of hydrogen-bond donors (Lipinski definition) is 2. The third kappa shape index (κ3) is 5.21. The van der Waals surface area contributed by atoms with Crippen LogP contribution in [0.2, 0.25) is 5.02 Å². The van der Waals surface area contributed by atoms with E-state index in [1.807, 2.05) is 29.2 Å². The molecule has 0 radical (unpaired) electrons. The molecule has 39 heavy (non-hydrogen) atoms. The highest BCUT2D eigenvalue weighted by atomic mass is 35.5. The molecule has 3 heterocycles. The minimum Gasteiger partial charge on any atom is -0.459 e. The highest BCUT2D eigenvalue weighted by molar-refractivity contribution is 7.80. The summed E-state index contributed by atoms with van der Waals surface area (Å²) >= 11 is 12.3. The van der Waals surface area contributed by atoms with Crippen molar-refractivity contribution in [2.45, 2.75) is 25.9 Å². The Morgan fingerprint density at radius 3 is 2.62 bits per heavy atom. The van der Waals surface area contributed by atoms with Crippen molar-refractivity contribution in [3.05, 3.63) is 106 Å². The van der Waals surface area contributed by atoms with E-state index in [9.17, 15) is 14.9 Å². The molecular formula is C28H24ClN5O4S. The van der Waals surface area contributed by atoms with Gasteiger partial charge in [0.25, 0.3) is 5.69 Å². The third-order valence-corrected chi connectivity index (χ3v) is 7.02. The number of hydrogen-bond acceptors (Lipinski definition) is 6. The molecule has 1 saturated heterocycles. The van der Waals surface area contributed by atoms with Gasteiger partial charge < -0.3 is 20.0 Å². The quantitative estimate of drug-likeness (QED) is 0.146. The molecule has 2 N–H and O–H groups in total. The molecule has 9 nitrogen and oxygen atoms in total. The third-order valence-electron chi connectivity index (χ3n) is 6.40. The van der Waals surface area contributed by atoms with Crippen LogP contribution >= 0.6 is 23.8 Å². The van der Waals surface area contributed by atoms with Gasteiger partial charge in [-0.2, -0.15) is 0 Å². The normalized spacial score (nSPS) is 16.8. The molecule has 4 aromatic rings. The van der Waals surface area contributed by atoms with E-state index in [4.69, 9.17) is 28.2 Å². The lowest BCUT2D eigenvalue weighted by Gasteiger charge is -2.26. The van der Waals surface area contributed by atoms with Crippen LogP contribution in [0.1, 0.15) is 37.4 Å². The summed E-state index contributed by atoms with van der Waals surface area (Å²) in [5, 5.41) is 18.6. The van der Waals surface area contributed by atoms with Crippen LogP contribution in [0.25, 0.3) is 11.3 Å². The van der Waals surface area contributed by atoms with E-state index in [0.29, 0.717) is 38.6 Å². The summed E-state index contributed by atoms with van der Waals surface area (Å²) in [5.74, 6) is 0.543. The van der Waals surface area contributed by atoms with E-state index in [2.05, 4.69) is 15.6 Å². The lowest BCUT2D eigenvalue weighted by Crippen LogP contribution is -2.29. The number of thiocarbonyl (C=S) groups is 1. The molecule has 198 valence electrons. The lowest BCUT2D eigenvalue weighted by molar-refractivity contribution is -0.384. The Morgan fingerprint density at radius 1 is 1.15 bits per heavy atom. The minimum absolute atomic E-state index is 0.0533. The number of nitrogens with zero attached hydrogens (tertiary/aromatic N) is 3. The molecule has 2 aromatic carbocycles. The number of anilines is 2. The number of amides is 1. The molecule has 1 aliphatic heterocycles. The van der Waals surface area contributed by atoms with Gasteiger partial charge in [-0.3, -0.25) is 19.9 Å². The van der Waals surface area contributed by atoms with Crippen LogP contribution in [0, 0.1) is 16.0 Å². The van der Waals surface area contributed by atoms with Crippen molar-refractivity contribution in [3.8, 4) is 11.3 Å². The van der Waals surface area contributed by atoms with Crippen molar-refractivity contribution in [3.63, 3.8) is 0 Å². The van der Waals surface area contributed by atoms with E-state index in [1.165, 1.54) is 6.07 Å². The van der Waals surface area contributed by atoms with Gasteiger partial charge in [-0.1, -0.05) is 43.6 Å². The SMILES string of the molecule is CC(C)C(=O)Nc1ccc(N2C(=S)NC(c3ccccn3)C2c2ccc(-c3ccccc3[N+](=O)[O-])o2)cc1Cl. The zero-order chi connectivity index (χ0) is 27.7. The van der Waals surface area contributed by atoms with Crippen LogP contribution in [-0.2, 0) is 4.79 Å². The highest BCUT2D eigenvalue weighted by Gasteiger charge is 2.43. The van der Waals surface area contributed by atoms with Crippen molar-refractivity contribution >= 4 is 51.9 Å². The smallest absolute Gasteiger partial charge is 0.280 e. The van der Waals surface area contributed by atoms with Gasteiger partial charge in [0.05, 0.1) is 32.9 Å². The summed E-state index contributed by atoms with van der Waals surface area (Å²) in [5.41, 5.74) is 2.22. The van der Waals surface area contributed by atoms with Crippen LogP contribution in [0.3, 0.4) is 0 Å². The molecule has 1 aliphatic rings. The Labute approximate surface area is 235 Å². The second-order valence-electron chi connectivity index (χ2n) is 9.28. The van der Waals surface area contributed by atoms with Crippen molar-refractivity contribution in [2.24, 2.45) is 5.92 Å². The van der Waals surface area contributed by atoms with Crippen molar-refractivity contribution in [2.75, 3.05) is 10.2 Å². The van der Waals surface area contributed by atoms with Gasteiger partial charge >= 0.3 is 0 Å². The topological polar surface area (TPSA) is 114 Å². The zero-order valence-electron chi connectivity index (χ0n) is 21.0. The fourth-order valence-corrected chi connectivity index (χ4v) is 5.02. The summed E-state index contributed by atoms with van der Waals surface area (Å²) in [6.07, 6.45) is 1.70. The predicted molar refractivity (Wildman–Crippen MR) is 154 cm³/mol. The fourth-order valence-electron chi connectivity index (χ4n) is 4.45.